The van der Waals surface area contributed by atoms with Crippen molar-refractivity contribution in [2.45, 2.75) is 44.2 Å². The van der Waals surface area contributed by atoms with Gasteiger partial charge in [-0.2, -0.15) is 0 Å². The molecule has 0 bridgehead atoms. The summed E-state index contributed by atoms with van der Waals surface area (Å²) in [6, 6.07) is 21.3. The number of carbonyl (C=O) groups excluding carboxylic acids is 2. The lowest BCUT2D eigenvalue weighted by atomic mass is 10.1. The Kier molecular flexibility index (Phi) is 8.68. The van der Waals surface area contributed by atoms with E-state index in [0.29, 0.717) is 19.4 Å². The molecule has 2 atom stereocenters. The van der Waals surface area contributed by atoms with Crippen molar-refractivity contribution in [3.05, 3.63) is 144 Å². The van der Waals surface area contributed by atoms with E-state index in [4.69, 9.17) is 4.98 Å². The topological polar surface area (TPSA) is 124 Å². The molecular weight excluding hydrogens is 637 g/mol. The molecule has 2 fully saturated rings. The van der Waals surface area contributed by atoms with Crippen LogP contribution in [0, 0.1) is 11.8 Å². The van der Waals surface area contributed by atoms with Crippen LogP contribution in [0.2, 0.25) is 0 Å². The van der Waals surface area contributed by atoms with Crippen molar-refractivity contribution >= 4 is 22.8 Å². The van der Waals surface area contributed by atoms with E-state index in [9.17, 15) is 9.59 Å². The number of nitrogens with one attached hydrogen (secondary N) is 2. The Morgan fingerprint density at radius 1 is 0.804 bits per heavy atom. The van der Waals surface area contributed by atoms with Gasteiger partial charge in [-0.3, -0.25) is 19.6 Å². The number of nitrogens with zero attached hydrogens (tertiary/aromatic N) is 6. The number of amides is 2. The Morgan fingerprint density at radius 2 is 1.51 bits per heavy atom. The molecule has 2 aliphatic rings. The minimum atomic E-state index is -0.190. The van der Waals surface area contributed by atoms with Gasteiger partial charge in [0, 0.05) is 49.0 Å². The predicted molar refractivity (Wildman–Crippen MR) is 194 cm³/mol. The van der Waals surface area contributed by atoms with Gasteiger partial charge >= 0.3 is 0 Å². The van der Waals surface area contributed by atoms with Crippen LogP contribution in [0.3, 0.4) is 0 Å². The predicted octanol–water partition coefficient (Wildman–Crippen LogP) is 6.12. The van der Waals surface area contributed by atoms with Crippen molar-refractivity contribution in [3.8, 4) is 23.1 Å². The Labute approximate surface area is 295 Å². The minimum absolute atomic E-state index is 0.0299. The van der Waals surface area contributed by atoms with E-state index in [0.717, 1.165) is 81.2 Å². The third-order valence-electron chi connectivity index (χ3n) is 9.58. The summed E-state index contributed by atoms with van der Waals surface area (Å²) in [7, 11) is 0. The number of aromatic amines is 2. The average Bonchev–Trinajstić information content (AvgIpc) is 3.97. The van der Waals surface area contributed by atoms with Gasteiger partial charge in [0.25, 0.3) is 0 Å². The summed E-state index contributed by atoms with van der Waals surface area (Å²) < 4.78 is 0. The van der Waals surface area contributed by atoms with Gasteiger partial charge in [-0.15, -0.1) is 0 Å². The third-order valence-corrected chi connectivity index (χ3v) is 9.58. The number of hydrogen-bond donors (Lipinski definition) is 2. The Bertz CT molecular complexity index is 2280. The fraction of sp³-hybridized carbons (Fsp3) is 0.220. The van der Waals surface area contributed by atoms with E-state index in [1.54, 1.807) is 24.8 Å². The number of fused-ring (bicyclic) bond motifs is 1. The maximum Gasteiger partial charge on any atom is 0.227 e. The quantitative estimate of drug-likeness (QED) is 0.156. The molecule has 252 valence electrons. The summed E-state index contributed by atoms with van der Waals surface area (Å²) in [4.78, 5) is 54.9. The van der Waals surface area contributed by atoms with E-state index < -0.39 is 0 Å². The number of imidazole rings is 2. The molecule has 0 radical (unpaired) electrons. The number of benzene rings is 2. The highest BCUT2D eigenvalue weighted by atomic mass is 16.2. The number of H-pyrrole nitrogens is 2. The lowest BCUT2D eigenvalue weighted by molar-refractivity contribution is -0.132. The number of hydrogen-bond acceptors (Lipinski definition) is 6. The Morgan fingerprint density at radius 3 is 2.24 bits per heavy atom. The van der Waals surface area contributed by atoms with E-state index in [-0.39, 0.29) is 30.3 Å². The minimum Gasteiger partial charge on any atom is -0.340 e. The van der Waals surface area contributed by atoms with Crippen molar-refractivity contribution in [1.29, 1.82) is 0 Å². The summed E-state index contributed by atoms with van der Waals surface area (Å²) in [6.45, 7) is 5.41. The van der Waals surface area contributed by atoms with Crippen LogP contribution < -0.4 is 0 Å². The molecule has 2 amide bonds. The van der Waals surface area contributed by atoms with Crippen molar-refractivity contribution in [1.82, 2.24) is 39.7 Å². The van der Waals surface area contributed by atoms with Crippen LogP contribution in [-0.4, -0.2) is 64.6 Å². The van der Waals surface area contributed by atoms with E-state index >= 15 is 0 Å². The van der Waals surface area contributed by atoms with Gasteiger partial charge in [-0.25, -0.2) is 9.97 Å². The monoisotopic (exact) mass is 672 g/mol. The van der Waals surface area contributed by atoms with Gasteiger partial charge in [-0.1, -0.05) is 48.3 Å². The summed E-state index contributed by atoms with van der Waals surface area (Å²) in [5, 5.41) is 0. The molecule has 2 N–H and O–H groups in total. The molecule has 0 unspecified atom stereocenters. The highest BCUT2D eigenvalue weighted by molar-refractivity contribution is 5.81. The van der Waals surface area contributed by atoms with Crippen molar-refractivity contribution in [3.63, 3.8) is 0 Å². The molecule has 10 heteroatoms. The van der Waals surface area contributed by atoms with Crippen LogP contribution in [0.5, 0.6) is 0 Å². The fourth-order valence-corrected chi connectivity index (χ4v) is 7.01. The first-order valence-electron chi connectivity index (χ1n) is 17.2. The van der Waals surface area contributed by atoms with Gasteiger partial charge in [0.05, 0.1) is 47.8 Å². The molecule has 0 saturated carbocycles. The van der Waals surface area contributed by atoms with Crippen molar-refractivity contribution in [2.24, 2.45) is 0 Å². The van der Waals surface area contributed by atoms with E-state index in [1.165, 1.54) is 0 Å². The van der Waals surface area contributed by atoms with Crippen LogP contribution in [0.1, 0.15) is 65.2 Å². The summed E-state index contributed by atoms with van der Waals surface area (Å²) in [5.74, 6) is 8.24. The largest absolute Gasteiger partial charge is 0.340 e. The number of aromatic nitrogens is 6. The molecule has 2 aliphatic heterocycles. The second-order valence-electron chi connectivity index (χ2n) is 13.2. The number of rotatable bonds is 7. The lowest BCUT2D eigenvalue weighted by Crippen LogP contribution is -2.32. The number of likely N-dealkylation sites (tertiary alicyclic amines) is 2. The smallest absolute Gasteiger partial charge is 0.227 e. The molecule has 4 aromatic heterocycles. The maximum absolute atomic E-state index is 13.3. The second kappa shape index (κ2) is 13.9. The molecular formula is C41H36N8O2. The lowest BCUT2D eigenvalue weighted by Gasteiger charge is -2.23. The first-order chi connectivity index (χ1) is 25.0. The van der Waals surface area contributed by atoms with Crippen LogP contribution in [0.25, 0.3) is 22.3 Å². The molecule has 0 aliphatic carbocycles. The van der Waals surface area contributed by atoms with Crippen LogP contribution >= 0.6 is 0 Å². The third kappa shape index (κ3) is 6.92. The summed E-state index contributed by atoms with van der Waals surface area (Å²) in [5.41, 5.74) is 8.16. The molecule has 2 saturated heterocycles. The molecule has 10 nitrogen and oxygen atoms in total. The first-order valence-corrected chi connectivity index (χ1v) is 17.2. The fourth-order valence-electron chi connectivity index (χ4n) is 7.01. The Hall–Kier alpha value is -6.34. The number of carbonyl (C=O) groups is 2. The molecule has 51 heavy (non-hydrogen) atoms. The van der Waals surface area contributed by atoms with Crippen LogP contribution in [-0.2, 0) is 22.4 Å². The second-order valence-corrected chi connectivity index (χ2v) is 13.2. The van der Waals surface area contributed by atoms with E-state index in [1.807, 2.05) is 82.7 Å². The van der Waals surface area contributed by atoms with E-state index in [2.05, 4.69) is 43.3 Å². The highest BCUT2D eigenvalue weighted by Gasteiger charge is 2.34. The van der Waals surface area contributed by atoms with Crippen LogP contribution in [0.4, 0.5) is 0 Å². The van der Waals surface area contributed by atoms with Gasteiger partial charge in [0.2, 0.25) is 11.8 Å². The van der Waals surface area contributed by atoms with Crippen molar-refractivity contribution < 1.29 is 9.59 Å². The van der Waals surface area contributed by atoms with Gasteiger partial charge in [0.1, 0.15) is 11.6 Å². The average molecular weight is 673 g/mol. The Balaban J connectivity index is 0.932. The van der Waals surface area contributed by atoms with Gasteiger partial charge in [-0.05, 0) is 78.4 Å². The normalized spacial score (nSPS) is 17.1. The number of pyridine rings is 2. The maximum atomic E-state index is 13.3. The SMILES string of the molecule is C=C1C[C@@H](c2nc3ccc(C#Cc4ccc(-c5cnc([C@@H]6CCCN6C(=O)Cc6cccnc6)[nH]5)cc4)cc3[nH]2)N(C(=O)Cc2cccnc2)C1. The highest BCUT2D eigenvalue weighted by Crippen LogP contribution is 2.35. The van der Waals surface area contributed by atoms with Gasteiger partial charge < -0.3 is 19.8 Å². The molecule has 8 rings (SSSR count). The standard InChI is InChI=1S/C41H36N8O2/c1-27-19-37(49(26-27)39(51)22-31-6-3-17-43-24-31)41-45-33-15-12-29(20-34(33)46-41)9-8-28-10-13-32(14-11-28)35-25-44-40(47-35)36-7-4-18-48(36)38(50)21-30-5-2-16-42-23-30/h2-3,5-6,10-17,20,23-25,36-37H,1,4,7,18-19,21-22,26H2,(H,44,47)(H,45,46)/t36-,37-/m0/s1. The van der Waals surface area contributed by atoms with Gasteiger partial charge in [0.15, 0.2) is 0 Å². The summed E-state index contributed by atoms with van der Waals surface area (Å²) in [6.07, 6.45) is 11.9. The zero-order valence-electron chi connectivity index (χ0n) is 28.0. The zero-order valence-corrected chi connectivity index (χ0v) is 28.0. The summed E-state index contributed by atoms with van der Waals surface area (Å²) >= 11 is 0. The molecule has 0 spiro atoms. The first kappa shape index (κ1) is 31.9. The zero-order chi connectivity index (χ0) is 34.7. The molecule has 2 aromatic carbocycles. The molecule has 6 heterocycles. The van der Waals surface area contributed by atoms with Crippen molar-refractivity contribution in [2.75, 3.05) is 13.1 Å². The molecule has 6 aromatic rings. The van der Waals surface area contributed by atoms with Crippen LogP contribution in [0.15, 0.2) is 110 Å².